The molecular weight excluding hydrogens is 398 g/mol. The van der Waals surface area contributed by atoms with Gasteiger partial charge in [-0.15, -0.1) is 5.10 Å². The van der Waals surface area contributed by atoms with Crippen LogP contribution in [0.4, 0.5) is 0 Å². The van der Waals surface area contributed by atoms with Crippen molar-refractivity contribution in [1.82, 2.24) is 14.3 Å². The Morgan fingerprint density at radius 2 is 1.73 bits per heavy atom. The van der Waals surface area contributed by atoms with Gasteiger partial charge in [-0.3, -0.25) is 9.36 Å². The van der Waals surface area contributed by atoms with Gasteiger partial charge in [0.1, 0.15) is 6.54 Å². The first-order chi connectivity index (χ1) is 14.2. The van der Waals surface area contributed by atoms with E-state index in [-0.39, 0.29) is 29.5 Å². The summed E-state index contributed by atoms with van der Waals surface area (Å²) in [6.07, 6.45) is 2.26. The summed E-state index contributed by atoms with van der Waals surface area (Å²) < 4.78 is 3.04. The zero-order valence-electron chi connectivity index (χ0n) is 17.6. The number of benzene rings is 2. The molecule has 2 aromatic carbocycles. The summed E-state index contributed by atoms with van der Waals surface area (Å²) in [7, 11) is 0. The third-order valence-corrected chi connectivity index (χ3v) is 5.94. The van der Waals surface area contributed by atoms with Crippen LogP contribution in [0, 0.1) is 6.92 Å². The molecule has 0 spiro atoms. The van der Waals surface area contributed by atoms with Crippen molar-refractivity contribution in [2.45, 2.75) is 58.0 Å². The Kier molecular flexibility index (Phi) is 5.41. The number of aromatic nitrogens is 3. The van der Waals surface area contributed by atoms with E-state index in [1.807, 2.05) is 19.1 Å². The van der Waals surface area contributed by atoms with Crippen LogP contribution in [0.5, 0.6) is 0 Å². The number of carbonyl (C=O) groups is 1. The Balaban J connectivity index is 1.58. The third kappa shape index (κ3) is 4.26. The third-order valence-electron chi connectivity index (χ3n) is 5.68. The fourth-order valence-electron chi connectivity index (χ4n) is 3.80. The van der Waals surface area contributed by atoms with Gasteiger partial charge in [-0.05, 0) is 55.0 Å². The molecular formula is C24H26ClN3O2. The topological polar surface area (TPSA) is 56.9 Å². The highest BCUT2D eigenvalue weighted by Crippen LogP contribution is 2.36. The van der Waals surface area contributed by atoms with Crippen molar-refractivity contribution in [3.8, 4) is 11.4 Å². The molecule has 0 amide bonds. The van der Waals surface area contributed by atoms with Crippen molar-refractivity contribution in [2.24, 2.45) is 0 Å². The van der Waals surface area contributed by atoms with Gasteiger partial charge in [-0.2, -0.15) is 0 Å². The summed E-state index contributed by atoms with van der Waals surface area (Å²) in [6, 6.07) is 15.7. The van der Waals surface area contributed by atoms with Crippen LogP contribution in [0.1, 0.15) is 50.3 Å². The number of Topliss-reactive ketones (excluding diaryl/α,β-unsaturated/α-hetero) is 1. The van der Waals surface area contributed by atoms with Crippen LogP contribution >= 0.6 is 11.6 Å². The Morgan fingerprint density at radius 1 is 1.10 bits per heavy atom. The van der Waals surface area contributed by atoms with Gasteiger partial charge in [-0.1, -0.05) is 55.3 Å². The molecule has 156 valence electrons. The van der Waals surface area contributed by atoms with Gasteiger partial charge in [0.15, 0.2) is 11.6 Å². The average molecular weight is 424 g/mol. The molecule has 6 heteroatoms. The molecule has 30 heavy (non-hydrogen) atoms. The van der Waals surface area contributed by atoms with Gasteiger partial charge in [-0.25, -0.2) is 9.48 Å². The molecule has 1 aliphatic rings. The molecule has 1 aliphatic carbocycles. The lowest BCUT2D eigenvalue weighted by atomic mass is 9.80. The first kappa shape index (κ1) is 20.6. The predicted octanol–water partition coefficient (Wildman–Crippen LogP) is 4.95. The monoisotopic (exact) mass is 423 g/mol. The number of halogens is 1. The van der Waals surface area contributed by atoms with E-state index < -0.39 is 0 Å². The summed E-state index contributed by atoms with van der Waals surface area (Å²) in [4.78, 5) is 25.9. The summed E-state index contributed by atoms with van der Waals surface area (Å²) in [5, 5.41) is 5.16. The summed E-state index contributed by atoms with van der Waals surface area (Å²) >= 11 is 6.00. The first-order valence-corrected chi connectivity index (χ1v) is 10.7. The average Bonchev–Trinajstić information content (AvgIpc) is 3.47. The minimum Gasteiger partial charge on any atom is -0.298 e. The first-order valence-electron chi connectivity index (χ1n) is 10.3. The smallest absolute Gasteiger partial charge is 0.298 e. The van der Waals surface area contributed by atoms with Crippen molar-refractivity contribution >= 4 is 17.4 Å². The molecule has 0 atom stereocenters. The zero-order chi connectivity index (χ0) is 21.5. The van der Waals surface area contributed by atoms with E-state index in [4.69, 9.17) is 11.6 Å². The van der Waals surface area contributed by atoms with Gasteiger partial charge in [0.05, 0.1) is 0 Å². The molecule has 0 radical (unpaired) electrons. The maximum absolute atomic E-state index is 13.0. The predicted molar refractivity (Wildman–Crippen MR) is 119 cm³/mol. The number of hydrogen-bond donors (Lipinski definition) is 0. The zero-order valence-corrected chi connectivity index (χ0v) is 18.3. The van der Waals surface area contributed by atoms with Crippen LogP contribution in [0.3, 0.4) is 0 Å². The van der Waals surface area contributed by atoms with Crippen molar-refractivity contribution in [1.29, 1.82) is 0 Å². The normalized spacial score (nSPS) is 14.1. The molecule has 3 aromatic rings. The molecule has 1 heterocycles. The molecule has 1 fully saturated rings. The van der Waals surface area contributed by atoms with E-state index in [0.29, 0.717) is 17.3 Å². The summed E-state index contributed by atoms with van der Waals surface area (Å²) in [5.74, 6) is 0.593. The Labute approximate surface area is 181 Å². The number of hydrogen-bond acceptors (Lipinski definition) is 3. The molecule has 0 N–H and O–H groups in total. The van der Waals surface area contributed by atoms with E-state index in [2.05, 4.69) is 43.2 Å². The Hall–Kier alpha value is -2.66. The number of ketones is 1. The molecule has 0 unspecified atom stereocenters. The van der Waals surface area contributed by atoms with Crippen LogP contribution in [-0.2, 0) is 16.8 Å². The highest BCUT2D eigenvalue weighted by Gasteiger charge is 2.31. The fourth-order valence-corrected chi connectivity index (χ4v) is 3.93. The van der Waals surface area contributed by atoms with Gasteiger partial charge in [0.2, 0.25) is 0 Å². The molecule has 4 rings (SSSR count). The molecule has 1 aromatic heterocycles. The van der Waals surface area contributed by atoms with Crippen LogP contribution in [-0.4, -0.2) is 20.1 Å². The van der Waals surface area contributed by atoms with E-state index in [1.165, 1.54) is 10.2 Å². The SMILES string of the molecule is Cc1ccc(C(C)(C)CC(=O)Cn2nc(-c3ccc(Cl)cc3)n(C3CC3)c2=O)cc1. The van der Waals surface area contributed by atoms with Crippen molar-refractivity contribution in [2.75, 3.05) is 0 Å². The van der Waals surface area contributed by atoms with Crippen molar-refractivity contribution in [3.05, 3.63) is 75.2 Å². The maximum atomic E-state index is 13.0. The highest BCUT2D eigenvalue weighted by molar-refractivity contribution is 6.30. The maximum Gasteiger partial charge on any atom is 0.346 e. The van der Waals surface area contributed by atoms with Gasteiger partial charge in [0, 0.05) is 23.0 Å². The van der Waals surface area contributed by atoms with Crippen LogP contribution in [0.15, 0.2) is 53.3 Å². The molecule has 0 bridgehead atoms. The van der Waals surface area contributed by atoms with Crippen LogP contribution < -0.4 is 5.69 Å². The Morgan fingerprint density at radius 3 is 2.33 bits per heavy atom. The number of carbonyl (C=O) groups excluding carboxylic acids is 1. The second-order valence-electron chi connectivity index (χ2n) is 8.84. The number of aryl methyl sites for hydroxylation is 1. The Bertz CT molecular complexity index is 1120. The number of rotatable bonds is 7. The standard InChI is InChI=1S/C24H26ClN3O2/c1-16-4-8-18(9-5-16)24(2,3)14-21(29)15-27-23(30)28(20-12-13-20)22(26-27)17-6-10-19(25)11-7-17/h4-11,20H,12-15H2,1-3H3. The van der Waals surface area contributed by atoms with E-state index in [1.54, 1.807) is 16.7 Å². The van der Waals surface area contributed by atoms with Gasteiger partial charge < -0.3 is 0 Å². The lowest BCUT2D eigenvalue weighted by Gasteiger charge is -2.24. The molecule has 0 aliphatic heterocycles. The van der Waals surface area contributed by atoms with Crippen LogP contribution in [0.25, 0.3) is 11.4 Å². The number of nitrogens with zero attached hydrogens (tertiary/aromatic N) is 3. The molecule has 5 nitrogen and oxygen atoms in total. The second-order valence-corrected chi connectivity index (χ2v) is 9.27. The summed E-state index contributed by atoms with van der Waals surface area (Å²) in [5.41, 5.74) is 2.59. The van der Waals surface area contributed by atoms with E-state index in [0.717, 1.165) is 24.0 Å². The van der Waals surface area contributed by atoms with Gasteiger partial charge >= 0.3 is 5.69 Å². The fraction of sp³-hybridized carbons (Fsp3) is 0.375. The van der Waals surface area contributed by atoms with E-state index >= 15 is 0 Å². The summed E-state index contributed by atoms with van der Waals surface area (Å²) in [6.45, 7) is 6.14. The van der Waals surface area contributed by atoms with E-state index in [9.17, 15) is 9.59 Å². The van der Waals surface area contributed by atoms with Crippen LogP contribution in [0.2, 0.25) is 5.02 Å². The lowest BCUT2D eigenvalue weighted by Crippen LogP contribution is -2.30. The minimum absolute atomic E-state index is 0.00854. The minimum atomic E-state index is -0.313. The second kappa shape index (κ2) is 7.88. The quantitative estimate of drug-likeness (QED) is 0.540. The molecule has 1 saturated carbocycles. The molecule has 0 saturated heterocycles. The van der Waals surface area contributed by atoms with Crippen molar-refractivity contribution < 1.29 is 4.79 Å². The highest BCUT2D eigenvalue weighted by atomic mass is 35.5. The van der Waals surface area contributed by atoms with Crippen molar-refractivity contribution in [3.63, 3.8) is 0 Å². The largest absolute Gasteiger partial charge is 0.346 e. The van der Waals surface area contributed by atoms with Gasteiger partial charge in [0.25, 0.3) is 0 Å². The lowest BCUT2D eigenvalue weighted by molar-refractivity contribution is -0.120.